The highest BCUT2D eigenvalue weighted by Crippen LogP contribution is 2.26. The van der Waals surface area contributed by atoms with Gasteiger partial charge in [-0.1, -0.05) is 18.2 Å². The molecule has 1 aromatic heterocycles. The molecule has 0 unspecified atom stereocenters. The Bertz CT molecular complexity index is 522. The number of hydrogen-bond donors (Lipinski definition) is 0. The molecule has 0 atom stereocenters. The van der Waals surface area contributed by atoms with Crippen molar-refractivity contribution in [2.24, 2.45) is 0 Å². The van der Waals surface area contributed by atoms with E-state index in [9.17, 15) is 0 Å². The van der Waals surface area contributed by atoms with E-state index in [2.05, 4.69) is 36.9 Å². The Morgan fingerprint density at radius 3 is 2.58 bits per heavy atom. The van der Waals surface area contributed by atoms with E-state index in [4.69, 9.17) is 9.15 Å². The summed E-state index contributed by atoms with van der Waals surface area (Å²) >= 11 is 0. The molecule has 3 nitrogen and oxygen atoms in total. The van der Waals surface area contributed by atoms with E-state index in [0.717, 1.165) is 25.4 Å². The van der Waals surface area contributed by atoms with Gasteiger partial charge in [0.05, 0.1) is 12.5 Å². The van der Waals surface area contributed by atoms with Gasteiger partial charge in [-0.2, -0.15) is 0 Å². The summed E-state index contributed by atoms with van der Waals surface area (Å²) in [6.07, 6.45) is 3.84. The molecule has 1 saturated heterocycles. The fourth-order valence-corrected chi connectivity index (χ4v) is 2.52. The molecule has 3 rings (SSSR count). The van der Waals surface area contributed by atoms with E-state index in [1.165, 1.54) is 16.7 Å². The molecule has 2 aromatic rings. The van der Waals surface area contributed by atoms with Crippen LogP contribution in [0.15, 0.2) is 41.2 Å². The second kappa shape index (κ2) is 5.10. The lowest BCUT2D eigenvalue weighted by Gasteiger charge is -2.39. The second-order valence-corrected chi connectivity index (χ2v) is 5.29. The van der Waals surface area contributed by atoms with Crippen LogP contribution >= 0.6 is 0 Å². The Balaban J connectivity index is 1.54. The van der Waals surface area contributed by atoms with Crippen molar-refractivity contribution in [2.45, 2.75) is 26.5 Å². The molecular formula is C16H19NO2. The summed E-state index contributed by atoms with van der Waals surface area (Å²) < 4.78 is 11.2. The highest BCUT2D eigenvalue weighted by atomic mass is 16.5. The van der Waals surface area contributed by atoms with Gasteiger partial charge in [-0.05, 0) is 31.0 Å². The monoisotopic (exact) mass is 257 g/mol. The van der Waals surface area contributed by atoms with Gasteiger partial charge in [-0.15, -0.1) is 0 Å². The number of aryl methyl sites for hydroxylation is 2. The molecule has 0 saturated carbocycles. The summed E-state index contributed by atoms with van der Waals surface area (Å²) in [5, 5.41) is 0. The van der Waals surface area contributed by atoms with Gasteiger partial charge in [0.25, 0.3) is 0 Å². The first kappa shape index (κ1) is 12.3. The normalized spacial score (nSPS) is 16.3. The lowest BCUT2D eigenvalue weighted by molar-refractivity contribution is 0.0137. The Kier molecular flexibility index (Phi) is 3.30. The predicted molar refractivity (Wildman–Crippen MR) is 74.3 cm³/mol. The summed E-state index contributed by atoms with van der Waals surface area (Å²) in [6, 6.07) is 8.29. The minimum atomic E-state index is 0.312. The summed E-state index contributed by atoms with van der Waals surface area (Å²) in [5.74, 6) is 1.05. The Morgan fingerprint density at radius 1 is 1.21 bits per heavy atom. The minimum absolute atomic E-state index is 0.312. The van der Waals surface area contributed by atoms with Crippen molar-refractivity contribution >= 4 is 0 Å². The number of hydrogen-bond acceptors (Lipinski definition) is 3. The maximum atomic E-state index is 6.10. The van der Waals surface area contributed by atoms with Gasteiger partial charge >= 0.3 is 0 Å². The lowest BCUT2D eigenvalue weighted by Crippen LogP contribution is -2.53. The minimum Gasteiger partial charge on any atom is -0.487 e. The van der Waals surface area contributed by atoms with Gasteiger partial charge in [0, 0.05) is 25.2 Å². The van der Waals surface area contributed by atoms with Gasteiger partial charge in [0.1, 0.15) is 11.9 Å². The fourth-order valence-electron chi connectivity index (χ4n) is 2.52. The van der Waals surface area contributed by atoms with Crippen LogP contribution in [-0.2, 0) is 6.54 Å². The first-order valence-corrected chi connectivity index (χ1v) is 6.68. The first-order chi connectivity index (χ1) is 9.22. The van der Waals surface area contributed by atoms with Gasteiger partial charge in [-0.3, -0.25) is 4.90 Å². The topological polar surface area (TPSA) is 25.6 Å². The van der Waals surface area contributed by atoms with E-state index < -0.39 is 0 Å². The third-order valence-corrected chi connectivity index (χ3v) is 3.60. The van der Waals surface area contributed by atoms with Crippen LogP contribution < -0.4 is 4.74 Å². The molecule has 2 heterocycles. The third kappa shape index (κ3) is 2.66. The van der Waals surface area contributed by atoms with E-state index in [0.29, 0.717) is 6.10 Å². The van der Waals surface area contributed by atoms with E-state index >= 15 is 0 Å². The van der Waals surface area contributed by atoms with E-state index in [-0.39, 0.29) is 0 Å². The molecule has 1 aliphatic heterocycles. The van der Waals surface area contributed by atoms with Gasteiger partial charge in [0.2, 0.25) is 0 Å². The summed E-state index contributed by atoms with van der Waals surface area (Å²) in [7, 11) is 0. The standard InChI is InChI=1S/C16H19NO2/c1-12-4-3-5-13(2)16(12)19-15-9-17(10-15)8-14-6-7-18-11-14/h3-7,11,15H,8-10H2,1-2H3. The van der Waals surface area contributed by atoms with Crippen molar-refractivity contribution in [1.29, 1.82) is 0 Å². The molecule has 1 fully saturated rings. The summed E-state index contributed by atoms with van der Waals surface area (Å²) in [5.41, 5.74) is 3.66. The molecule has 19 heavy (non-hydrogen) atoms. The molecule has 0 aliphatic carbocycles. The zero-order chi connectivity index (χ0) is 13.2. The first-order valence-electron chi connectivity index (χ1n) is 6.68. The van der Waals surface area contributed by atoms with Crippen molar-refractivity contribution in [3.05, 3.63) is 53.5 Å². The highest BCUT2D eigenvalue weighted by molar-refractivity contribution is 5.40. The van der Waals surface area contributed by atoms with E-state index in [1.807, 2.05) is 6.07 Å². The predicted octanol–water partition coefficient (Wildman–Crippen LogP) is 3.16. The number of furan rings is 1. The quantitative estimate of drug-likeness (QED) is 0.841. The second-order valence-electron chi connectivity index (χ2n) is 5.29. The number of para-hydroxylation sites is 1. The maximum Gasteiger partial charge on any atom is 0.125 e. The number of ether oxygens (including phenoxy) is 1. The van der Waals surface area contributed by atoms with Crippen LogP contribution in [0.1, 0.15) is 16.7 Å². The maximum absolute atomic E-state index is 6.10. The number of benzene rings is 1. The average Bonchev–Trinajstić information content (AvgIpc) is 2.83. The summed E-state index contributed by atoms with van der Waals surface area (Å²) in [6.45, 7) is 7.12. The van der Waals surface area contributed by atoms with Crippen LogP contribution in [0.3, 0.4) is 0 Å². The van der Waals surface area contributed by atoms with Crippen LogP contribution in [0.2, 0.25) is 0 Å². The Labute approximate surface area is 113 Å². The van der Waals surface area contributed by atoms with Crippen molar-refractivity contribution in [3.8, 4) is 5.75 Å². The zero-order valence-electron chi connectivity index (χ0n) is 11.4. The molecule has 0 bridgehead atoms. The Hall–Kier alpha value is -1.74. The largest absolute Gasteiger partial charge is 0.487 e. The van der Waals surface area contributed by atoms with Crippen LogP contribution in [0, 0.1) is 13.8 Å². The number of likely N-dealkylation sites (tertiary alicyclic amines) is 1. The molecule has 100 valence electrons. The van der Waals surface area contributed by atoms with Crippen LogP contribution in [-0.4, -0.2) is 24.1 Å². The van der Waals surface area contributed by atoms with Crippen LogP contribution in [0.5, 0.6) is 5.75 Å². The fraction of sp³-hybridized carbons (Fsp3) is 0.375. The molecule has 1 aliphatic rings. The van der Waals surface area contributed by atoms with Gasteiger partial charge in [-0.25, -0.2) is 0 Å². The third-order valence-electron chi connectivity index (χ3n) is 3.60. The summed E-state index contributed by atoms with van der Waals surface area (Å²) in [4.78, 5) is 2.36. The molecule has 0 N–H and O–H groups in total. The zero-order valence-corrected chi connectivity index (χ0v) is 11.4. The smallest absolute Gasteiger partial charge is 0.125 e. The molecule has 0 amide bonds. The SMILES string of the molecule is Cc1cccc(C)c1OC1CN(Cc2ccoc2)C1. The number of nitrogens with zero attached hydrogens (tertiary/aromatic N) is 1. The molecular weight excluding hydrogens is 238 g/mol. The highest BCUT2D eigenvalue weighted by Gasteiger charge is 2.29. The molecule has 0 radical (unpaired) electrons. The van der Waals surface area contributed by atoms with Gasteiger partial charge < -0.3 is 9.15 Å². The molecule has 1 aromatic carbocycles. The lowest BCUT2D eigenvalue weighted by atomic mass is 10.1. The van der Waals surface area contributed by atoms with Gasteiger partial charge in [0.15, 0.2) is 0 Å². The number of rotatable bonds is 4. The van der Waals surface area contributed by atoms with Crippen LogP contribution in [0.4, 0.5) is 0 Å². The van der Waals surface area contributed by atoms with Crippen molar-refractivity contribution in [3.63, 3.8) is 0 Å². The average molecular weight is 257 g/mol. The van der Waals surface area contributed by atoms with Crippen molar-refractivity contribution in [1.82, 2.24) is 4.90 Å². The Morgan fingerprint density at radius 2 is 1.95 bits per heavy atom. The molecule has 3 heteroatoms. The van der Waals surface area contributed by atoms with E-state index in [1.54, 1.807) is 12.5 Å². The molecule has 0 spiro atoms. The van der Waals surface area contributed by atoms with Crippen molar-refractivity contribution < 1.29 is 9.15 Å². The van der Waals surface area contributed by atoms with Crippen molar-refractivity contribution in [2.75, 3.05) is 13.1 Å². The van der Waals surface area contributed by atoms with Crippen LogP contribution in [0.25, 0.3) is 0 Å².